The lowest BCUT2D eigenvalue weighted by Crippen LogP contribution is -2.43. The van der Waals surface area contributed by atoms with Crippen LogP contribution in [0.5, 0.6) is 0 Å². The molecule has 0 bridgehead atoms. The molecular formula is C18H24N2. The van der Waals surface area contributed by atoms with E-state index in [9.17, 15) is 0 Å². The molecule has 0 aliphatic carbocycles. The van der Waals surface area contributed by atoms with Crippen LogP contribution in [0.25, 0.3) is 0 Å². The Labute approximate surface area is 122 Å². The Morgan fingerprint density at radius 1 is 1.00 bits per heavy atom. The fourth-order valence-corrected chi connectivity index (χ4v) is 2.48. The third kappa shape index (κ3) is 3.61. The first-order chi connectivity index (χ1) is 9.72. The zero-order chi connectivity index (χ0) is 14.4. The lowest BCUT2D eigenvalue weighted by Gasteiger charge is -2.31. The molecular weight excluding hydrogens is 244 g/mol. The van der Waals surface area contributed by atoms with Crippen molar-refractivity contribution in [3.63, 3.8) is 0 Å². The van der Waals surface area contributed by atoms with E-state index in [1.54, 1.807) is 0 Å². The molecule has 0 heterocycles. The normalized spacial score (nSPS) is 12.2. The molecule has 0 amide bonds. The second kappa shape index (κ2) is 7.11. The predicted octanol–water partition coefficient (Wildman–Crippen LogP) is 3.96. The second-order valence-corrected chi connectivity index (χ2v) is 5.10. The molecule has 0 spiro atoms. The van der Waals surface area contributed by atoms with E-state index in [0.717, 1.165) is 13.1 Å². The van der Waals surface area contributed by atoms with Gasteiger partial charge >= 0.3 is 0 Å². The first-order valence-corrected chi connectivity index (χ1v) is 7.32. The maximum Gasteiger partial charge on any atom is 0.0769 e. The van der Waals surface area contributed by atoms with Crippen molar-refractivity contribution in [1.82, 2.24) is 5.32 Å². The van der Waals surface area contributed by atoms with E-state index < -0.39 is 0 Å². The van der Waals surface area contributed by atoms with Crippen LogP contribution in [0.3, 0.4) is 0 Å². The highest BCUT2D eigenvalue weighted by atomic mass is 15.3. The van der Waals surface area contributed by atoms with Gasteiger partial charge in [-0.1, -0.05) is 42.5 Å². The van der Waals surface area contributed by atoms with Gasteiger partial charge in [0.15, 0.2) is 0 Å². The zero-order valence-corrected chi connectivity index (χ0v) is 12.6. The van der Waals surface area contributed by atoms with Gasteiger partial charge in [-0.3, -0.25) is 5.32 Å². The van der Waals surface area contributed by atoms with Crippen molar-refractivity contribution in [3.05, 3.63) is 65.7 Å². The molecule has 20 heavy (non-hydrogen) atoms. The van der Waals surface area contributed by atoms with Crippen molar-refractivity contribution in [2.24, 2.45) is 0 Å². The largest absolute Gasteiger partial charge is 0.357 e. The minimum Gasteiger partial charge on any atom is -0.357 e. The van der Waals surface area contributed by atoms with Crippen molar-refractivity contribution in [3.8, 4) is 0 Å². The molecule has 106 valence electrons. The number of rotatable bonds is 6. The van der Waals surface area contributed by atoms with Gasteiger partial charge in [0, 0.05) is 18.8 Å². The molecule has 0 aromatic heterocycles. The number of para-hydroxylation sites is 1. The summed E-state index contributed by atoms with van der Waals surface area (Å²) >= 11 is 0. The molecule has 1 N–H and O–H groups in total. The van der Waals surface area contributed by atoms with Gasteiger partial charge in [-0.2, -0.15) is 0 Å². The summed E-state index contributed by atoms with van der Waals surface area (Å²) in [7, 11) is 0. The van der Waals surface area contributed by atoms with Crippen molar-refractivity contribution in [2.45, 2.75) is 33.5 Å². The van der Waals surface area contributed by atoms with Gasteiger partial charge in [-0.15, -0.1) is 0 Å². The Morgan fingerprint density at radius 2 is 1.65 bits per heavy atom. The summed E-state index contributed by atoms with van der Waals surface area (Å²) in [6, 6.07) is 19.1. The second-order valence-electron chi connectivity index (χ2n) is 5.10. The smallest absolute Gasteiger partial charge is 0.0769 e. The lowest BCUT2D eigenvalue weighted by molar-refractivity contribution is 0.520. The van der Waals surface area contributed by atoms with Crippen LogP contribution in [0, 0.1) is 6.92 Å². The van der Waals surface area contributed by atoms with Crippen LogP contribution < -0.4 is 10.2 Å². The van der Waals surface area contributed by atoms with Crippen LogP contribution in [0.15, 0.2) is 54.6 Å². The molecule has 1 unspecified atom stereocenters. The number of hydrogen-bond acceptors (Lipinski definition) is 2. The van der Waals surface area contributed by atoms with Crippen molar-refractivity contribution in [1.29, 1.82) is 0 Å². The quantitative estimate of drug-likeness (QED) is 0.798. The van der Waals surface area contributed by atoms with Gasteiger partial charge < -0.3 is 4.90 Å². The molecule has 2 heteroatoms. The first-order valence-electron chi connectivity index (χ1n) is 7.32. The predicted molar refractivity (Wildman–Crippen MR) is 86.9 cm³/mol. The van der Waals surface area contributed by atoms with Gasteiger partial charge in [0.05, 0.1) is 6.17 Å². The summed E-state index contributed by atoms with van der Waals surface area (Å²) in [6.07, 6.45) is 0.307. The fraction of sp³-hybridized carbons (Fsp3) is 0.333. The van der Waals surface area contributed by atoms with E-state index in [-0.39, 0.29) is 0 Å². The topological polar surface area (TPSA) is 15.3 Å². The average molecular weight is 268 g/mol. The summed E-state index contributed by atoms with van der Waals surface area (Å²) in [5.74, 6) is 0. The summed E-state index contributed by atoms with van der Waals surface area (Å²) in [6.45, 7) is 8.47. The minimum absolute atomic E-state index is 0.307. The molecule has 0 aliphatic rings. The number of aryl methyl sites for hydroxylation is 1. The van der Waals surface area contributed by atoms with Gasteiger partial charge in [0.25, 0.3) is 0 Å². The Kier molecular flexibility index (Phi) is 5.19. The van der Waals surface area contributed by atoms with Crippen LogP contribution in [-0.2, 0) is 6.54 Å². The third-order valence-corrected chi connectivity index (χ3v) is 3.75. The highest BCUT2D eigenvalue weighted by Gasteiger charge is 2.11. The fourth-order valence-electron chi connectivity index (χ4n) is 2.48. The first kappa shape index (κ1) is 14.6. The molecule has 2 aromatic carbocycles. The molecule has 2 aromatic rings. The van der Waals surface area contributed by atoms with Crippen LogP contribution in [0.2, 0.25) is 0 Å². The van der Waals surface area contributed by atoms with Crippen molar-refractivity contribution in [2.75, 3.05) is 11.4 Å². The molecule has 1 atom stereocenters. The van der Waals surface area contributed by atoms with Crippen LogP contribution in [0.1, 0.15) is 25.0 Å². The molecule has 0 radical (unpaired) electrons. The molecule has 0 saturated carbocycles. The number of nitrogens with zero attached hydrogens (tertiary/aromatic N) is 1. The van der Waals surface area contributed by atoms with Gasteiger partial charge in [0.2, 0.25) is 0 Å². The Morgan fingerprint density at radius 3 is 2.30 bits per heavy atom. The molecule has 0 fully saturated rings. The zero-order valence-electron chi connectivity index (χ0n) is 12.6. The van der Waals surface area contributed by atoms with Crippen LogP contribution in [0.4, 0.5) is 5.69 Å². The molecule has 2 nitrogen and oxygen atoms in total. The third-order valence-electron chi connectivity index (χ3n) is 3.75. The maximum atomic E-state index is 3.62. The summed E-state index contributed by atoms with van der Waals surface area (Å²) in [5.41, 5.74) is 3.97. The van der Waals surface area contributed by atoms with E-state index in [0.29, 0.717) is 6.17 Å². The van der Waals surface area contributed by atoms with Gasteiger partial charge in [-0.05, 0) is 44.0 Å². The summed E-state index contributed by atoms with van der Waals surface area (Å²) in [5, 5.41) is 3.62. The number of anilines is 1. The highest BCUT2D eigenvalue weighted by molar-refractivity contribution is 5.46. The van der Waals surface area contributed by atoms with Crippen LogP contribution >= 0.6 is 0 Å². The Bertz CT molecular complexity index is 522. The standard InChI is InChI=1S/C18H24N2/c1-4-20(18-12-6-5-7-13-18)16(3)19-14-17-11-9-8-10-15(17)2/h5-13,16,19H,4,14H2,1-3H3. The van der Waals surface area contributed by atoms with Gasteiger partial charge in [0.1, 0.15) is 0 Å². The Balaban J connectivity index is 2.00. The average Bonchev–Trinajstić information content (AvgIpc) is 2.48. The summed E-state index contributed by atoms with van der Waals surface area (Å²) < 4.78 is 0. The van der Waals surface area contributed by atoms with Crippen LogP contribution in [-0.4, -0.2) is 12.7 Å². The Hall–Kier alpha value is -1.80. The number of benzene rings is 2. The van der Waals surface area contributed by atoms with E-state index in [1.807, 2.05) is 0 Å². The minimum atomic E-state index is 0.307. The van der Waals surface area contributed by atoms with Crippen molar-refractivity contribution >= 4 is 5.69 Å². The van der Waals surface area contributed by atoms with E-state index in [1.165, 1.54) is 16.8 Å². The maximum absolute atomic E-state index is 3.62. The van der Waals surface area contributed by atoms with Crippen molar-refractivity contribution < 1.29 is 0 Å². The van der Waals surface area contributed by atoms with E-state index in [4.69, 9.17) is 0 Å². The molecule has 0 aliphatic heterocycles. The van der Waals surface area contributed by atoms with E-state index in [2.05, 4.69) is 85.6 Å². The van der Waals surface area contributed by atoms with Gasteiger partial charge in [-0.25, -0.2) is 0 Å². The SMILES string of the molecule is CCN(c1ccccc1)C(C)NCc1ccccc1C. The molecule has 2 rings (SSSR count). The highest BCUT2D eigenvalue weighted by Crippen LogP contribution is 2.15. The lowest BCUT2D eigenvalue weighted by atomic mass is 10.1. The number of hydrogen-bond donors (Lipinski definition) is 1. The number of nitrogens with one attached hydrogen (secondary N) is 1. The monoisotopic (exact) mass is 268 g/mol. The van der Waals surface area contributed by atoms with E-state index >= 15 is 0 Å². The summed E-state index contributed by atoms with van der Waals surface area (Å²) in [4.78, 5) is 2.37. The molecule has 0 saturated heterocycles.